The van der Waals surface area contributed by atoms with E-state index in [1.54, 1.807) is 7.05 Å². The summed E-state index contributed by atoms with van der Waals surface area (Å²) in [5, 5.41) is 17.6. The Morgan fingerprint density at radius 1 is 1.38 bits per heavy atom. The third kappa shape index (κ3) is 3.56. The molecule has 0 saturated heterocycles. The molecule has 1 saturated carbocycles. The molecule has 1 amide bonds. The predicted molar refractivity (Wildman–Crippen MR) is 82.0 cm³/mol. The first kappa shape index (κ1) is 15.8. The summed E-state index contributed by atoms with van der Waals surface area (Å²) in [6.07, 6.45) is 6.52. The second kappa shape index (κ2) is 6.47. The van der Waals surface area contributed by atoms with Gasteiger partial charge in [-0.15, -0.1) is 0 Å². The Hall–Kier alpha value is -1.56. The maximum absolute atomic E-state index is 12.3. The van der Waals surface area contributed by atoms with Crippen LogP contribution in [0.25, 0.3) is 0 Å². The number of carbonyl (C=O) groups is 1. The van der Waals surface area contributed by atoms with Gasteiger partial charge in [-0.1, -0.05) is 32.6 Å². The first-order valence-electron chi connectivity index (χ1n) is 7.79. The Bertz CT molecular complexity index is 502. The van der Waals surface area contributed by atoms with E-state index in [4.69, 9.17) is 5.73 Å². The fraction of sp³-hybridized carbons (Fsp3) is 0.733. The molecule has 0 aliphatic heterocycles. The normalized spacial score (nSPS) is 18.2. The number of hydrogen-bond donors (Lipinski definition) is 3. The summed E-state index contributed by atoms with van der Waals surface area (Å²) in [5.74, 6) is -0.264. The molecule has 2 rings (SSSR count). The Labute approximate surface area is 125 Å². The van der Waals surface area contributed by atoms with Crippen molar-refractivity contribution in [3.8, 4) is 0 Å². The summed E-state index contributed by atoms with van der Waals surface area (Å²) >= 11 is 0. The van der Waals surface area contributed by atoms with E-state index in [1.807, 2.05) is 6.92 Å². The zero-order valence-corrected chi connectivity index (χ0v) is 13.0. The van der Waals surface area contributed by atoms with Crippen LogP contribution in [0.1, 0.15) is 61.6 Å². The number of hydrogen-bond acceptors (Lipinski definition) is 4. The van der Waals surface area contributed by atoms with Gasteiger partial charge in [0.1, 0.15) is 5.69 Å². The minimum absolute atomic E-state index is 0.264. The third-order valence-corrected chi connectivity index (χ3v) is 4.32. The fourth-order valence-corrected chi connectivity index (χ4v) is 3.02. The minimum Gasteiger partial charge on any atom is -0.395 e. The van der Waals surface area contributed by atoms with E-state index in [0.29, 0.717) is 17.8 Å². The van der Waals surface area contributed by atoms with Gasteiger partial charge in [0.05, 0.1) is 17.0 Å². The summed E-state index contributed by atoms with van der Waals surface area (Å²) in [7, 11) is 1.71. The molecule has 0 aromatic carbocycles. The topological polar surface area (TPSA) is 93.2 Å². The van der Waals surface area contributed by atoms with Gasteiger partial charge < -0.3 is 16.2 Å². The minimum atomic E-state index is -0.785. The highest BCUT2D eigenvalue weighted by atomic mass is 16.3. The lowest BCUT2D eigenvalue weighted by atomic mass is 9.94. The van der Waals surface area contributed by atoms with Gasteiger partial charge in [-0.2, -0.15) is 5.10 Å². The average molecular weight is 294 g/mol. The fourth-order valence-electron chi connectivity index (χ4n) is 3.02. The number of rotatable bonds is 4. The number of nitrogen functional groups attached to an aromatic ring is 1. The highest BCUT2D eigenvalue weighted by Gasteiger charge is 2.29. The molecular formula is C15H26N4O2. The second-order valence-electron chi connectivity index (χ2n) is 6.01. The monoisotopic (exact) mass is 294 g/mol. The molecule has 0 radical (unpaired) electrons. The molecule has 4 N–H and O–H groups in total. The number of carbonyl (C=O) groups excluding carboxylic acids is 1. The van der Waals surface area contributed by atoms with Gasteiger partial charge in [0, 0.05) is 13.6 Å². The third-order valence-electron chi connectivity index (χ3n) is 4.32. The number of nitrogens with one attached hydrogen (secondary N) is 1. The summed E-state index contributed by atoms with van der Waals surface area (Å²) in [5.41, 5.74) is 6.74. The number of nitrogens with two attached hydrogens (primary N) is 1. The molecule has 1 heterocycles. The van der Waals surface area contributed by atoms with Crippen LogP contribution in [0.5, 0.6) is 0 Å². The van der Waals surface area contributed by atoms with E-state index < -0.39 is 5.60 Å². The van der Waals surface area contributed by atoms with Crippen LogP contribution in [0, 0.1) is 0 Å². The maximum Gasteiger partial charge on any atom is 0.271 e. The standard InChI is InChI=1S/C15H26N4O2/c1-3-11-12(16)13(19(2)18-11)14(20)17-10-15(21)8-6-4-5-7-9-15/h21H,3-10,16H2,1-2H3,(H,17,20). The van der Waals surface area contributed by atoms with Gasteiger partial charge in [-0.05, 0) is 19.3 Å². The highest BCUT2D eigenvalue weighted by molar-refractivity contribution is 5.98. The summed E-state index contributed by atoms with van der Waals surface area (Å²) in [6, 6.07) is 0. The van der Waals surface area contributed by atoms with Crippen LogP contribution in [0.2, 0.25) is 0 Å². The van der Waals surface area contributed by atoms with Gasteiger partial charge in [0.25, 0.3) is 5.91 Å². The molecule has 0 atom stereocenters. The Morgan fingerprint density at radius 3 is 2.52 bits per heavy atom. The molecule has 1 aliphatic rings. The largest absolute Gasteiger partial charge is 0.395 e. The SMILES string of the molecule is CCc1nn(C)c(C(=O)NCC2(O)CCCCCC2)c1N. The zero-order valence-electron chi connectivity index (χ0n) is 13.0. The molecule has 0 spiro atoms. The Balaban J connectivity index is 2.03. The van der Waals surface area contributed by atoms with E-state index in [-0.39, 0.29) is 12.5 Å². The smallest absolute Gasteiger partial charge is 0.271 e. The number of aliphatic hydroxyl groups is 1. The first-order chi connectivity index (χ1) is 9.97. The van der Waals surface area contributed by atoms with Gasteiger partial charge in [-0.25, -0.2) is 0 Å². The number of amides is 1. The van der Waals surface area contributed by atoms with Crippen molar-refractivity contribution in [2.75, 3.05) is 12.3 Å². The van der Waals surface area contributed by atoms with Gasteiger partial charge in [-0.3, -0.25) is 9.48 Å². The summed E-state index contributed by atoms with van der Waals surface area (Å²) < 4.78 is 1.51. The Kier molecular flexibility index (Phi) is 4.88. The molecule has 1 aliphatic carbocycles. The lowest BCUT2D eigenvalue weighted by Gasteiger charge is -2.26. The van der Waals surface area contributed by atoms with Crippen molar-refractivity contribution in [2.45, 2.75) is 57.5 Å². The summed E-state index contributed by atoms with van der Waals surface area (Å²) in [4.78, 5) is 12.3. The van der Waals surface area contributed by atoms with Crippen LogP contribution in [-0.4, -0.2) is 32.9 Å². The molecule has 0 bridgehead atoms. The highest BCUT2D eigenvalue weighted by Crippen LogP contribution is 2.26. The summed E-state index contributed by atoms with van der Waals surface area (Å²) in [6.45, 7) is 2.23. The Morgan fingerprint density at radius 2 is 2.00 bits per heavy atom. The van der Waals surface area contributed by atoms with Crippen molar-refractivity contribution >= 4 is 11.6 Å². The predicted octanol–water partition coefficient (Wildman–Crippen LogP) is 1.38. The molecule has 0 unspecified atom stereocenters. The first-order valence-corrected chi connectivity index (χ1v) is 7.79. The second-order valence-corrected chi connectivity index (χ2v) is 6.01. The van der Waals surface area contributed by atoms with Gasteiger partial charge in [0.2, 0.25) is 0 Å². The molecule has 6 nitrogen and oxygen atoms in total. The molecule has 6 heteroatoms. The van der Waals surface area contributed by atoms with E-state index >= 15 is 0 Å². The number of aromatic nitrogens is 2. The van der Waals surface area contributed by atoms with Crippen LogP contribution >= 0.6 is 0 Å². The molecule has 118 valence electrons. The number of nitrogens with zero attached hydrogens (tertiary/aromatic N) is 2. The van der Waals surface area contributed by atoms with Crippen molar-refractivity contribution in [1.82, 2.24) is 15.1 Å². The number of anilines is 1. The van der Waals surface area contributed by atoms with Crippen molar-refractivity contribution in [3.05, 3.63) is 11.4 Å². The molecule has 1 fully saturated rings. The van der Waals surface area contributed by atoms with Gasteiger partial charge >= 0.3 is 0 Å². The maximum atomic E-state index is 12.3. The molecule has 21 heavy (non-hydrogen) atoms. The lowest BCUT2D eigenvalue weighted by Crippen LogP contribution is -2.43. The van der Waals surface area contributed by atoms with Gasteiger partial charge in [0.15, 0.2) is 0 Å². The van der Waals surface area contributed by atoms with Crippen LogP contribution < -0.4 is 11.1 Å². The van der Waals surface area contributed by atoms with Crippen LogP contribution in [0.4, 0.5) is 5.69 Å². The molecule has 1 aromatic rings. The van der Waals surface area contributed by atoms with Crippen molar-refractivity contribution < 1.29 is 9.90 Å². The molecule has 1 aromatic heterocycles. The average Bonchev–Trinajstić information content (AvgIpc) is 2.62. The van der Waals surface area contributed by atoms with E-state index in [9.17, 15) is 9.90 Å². The van der Waals surface area contributed by atoms with Crippen molar-refractivity contribution in [1.29, 1.82) is 0 Å². The van der Waals surface area contributed by atoms with E-state index in [1.165, 1.54) is 4.68 Å². The van der Waals surface area contributed by atoms with Crippen LogP contribution in [-0.2, 0) is 13.5 Å². The lowest BCUT2D eigenvalue weighted by molar-refractivity contribution is 0.0245. The quantitative estimate of drug-likeness (QED) is 0.731. The number of aryl methyl sites for hydroxylation is 2. The van der Waals surface area contributed by atoms with Crippen LogP contribution in [0.3, 0.4) is 0 Å². The van der Waals surface area contributed by atoms with E-state index in [2.05, 4.69) is 10.4 Å². The molecular weight excluding hydrogens is 268 g/mol. The van der Waals surface area contributed by atoms with Crippen molar-refractivity contribution in [2.24, 2.45) is 7.05 Å². The van der Waals surface area contributed by atoms with Crippen LogP contribution in [0.15, 0.2) is 0 Å². The van der Waals surface area contributed by atoms with E-state index in [0.717, 1.165) is 44.2 Å². The van der Waals surface area contributed by atoms with Crippen molar-refractivity contribution in [3.63, 3.8) is 0 Å². The zero-order chi connectivity index (χ0) is 15.5.